The van der Waals surface area contributed by atoms with E-state index in [0.29, 0.717) is 0 Å². The lowest BCUT2D eigenvalue weighted by Crippen LogP contribution is -2.52. The number of rotatable bonds is 6. The number of nitrogens with two attached hydrogens (primary N) is 1. The molecule has 0 amide bonds. The fraction of sp³-hybridized carbons (Fsp3) is 1.00. The van der Waals surface area contributed by atoms with E-state index in [9.17, 15) is 0 Å². The van der Waals surface area contributed by atoms with E-state index in [0.717, 1.165) is 19.0 Å². The van der Waals surface area contributed by atoms with E-state index in [1.807, 2.05) is 0 Å². The highest BCUT2D eigenvalue weighted by molar-refractivity contribution is 4.90. The molecular formula is C14H30N2. The third kappa shape index (κ3) is 4.42. The first-order chi connectivity index (χ1) is 7.59. The van der Waals surface area contributed by atoms with Crippen molar-refractivity contribution >= 4 is 0 Å². The van der Waals surface area contributed by atoms with E-state index in [4.69, 9.17) is 5.73 Å². The number of hydrogen-bond donors (Lipinski definition) is 1. The molecule has 1 saturated carbocycles. The molecule has 0 spiro atoms. The molecule has 0 aliphatic heterocycles. The highest BCUT2D eigenvalue weighted by atomic mass is 15.1. The van der Waals surface area contributed by atoms with Gasteiger partial charge in [0.25, 0.3) is 0 Å². The monoisotopic (exact) mass is 226 g/mol. The molecule has 1 fully saturated rings. The summed E-state index contributed by atoms with van der Waals surface area (Å²) in [5, 5.41) is 0. The van der Waals surface area contributed by atoms with Crippen molar-refractivity contribution in [2.45, 2.75) is 64.8 Å². The molecule has 2 nitrogen and oxygen atoms in total. The Morgan fingerprint density at radius 3 is 2.31 bits per heavy atom. The van der Waals surface area contributed by atoms with Gasteiger partial charge in [-0.15, -0.1) is 0 Å². The maximum absolute atomic E-state index is 6.51. The first kappa shape index (κ1) is 14.0. The van der Waals surface area contributed by atoms with Gasteiger partial charge in [-0.05, 0) is 25.3 Å². The van der Waals surface area contributed by atoms with Crippen LogP contribution in [0.25, 0.3) is 0 Å². The summed E-state index contributed by atoms with van der Waals surface area (Å²) < 4.78 is 0. The summed E-state index contributed by atoms with van der Waals surface area (Å²) in [4.78, 5) is 2.56. The minimum atomic E-state index is 0.113. The van der Waals surface area contributed by atoms with Crippen LogP contribution in [0.3, 0.4) is 0 Å². The predicted octanol–water partition coefficient (Wildman–Crippen LogP) is 3.02. The van der Waals surface area contributed by atoms with Crippen LogP contribution in [0, 0.1) is 5.92 Å². The second kappa shape index (κ2) is 6.61. The average Bonchev–Trinajstić information content (AvgIpc) is 2.28. The molecule has 1 aliphatic carbocycles. The van der Waals surface area contributed by atoms with E-state index in [-0.39, 0.29) is 5.54 Å². The lowest BCUT2D eigenvalue weighted by Gasteiger charge is -2.38. The highest BCUT2D eigenvalue weighted by Crippen LogP contribution is 2.26. The van der Waals surface area contributed by atoms with Crippen LogP contribution >= 0.6 is 0 Å². The Kier molecular flexibility index (Phi) is 5.77. The molecule has 0 radical (unpaired) electrons. The van der Waals surface area contributed by atoms with Crippen molar-refractivity contribution < 1.29 is 0 Å². The van der Waals surface area contributed by atoms with E-state index in [1.54, 1.807) is 0 Å². The van der Waals surface area contributed by atoms with Gasteiger partial charge >= 0.3 is 0 Å². The van der Waals surface area contributed by atoms with Gasteiger partial charge in [-0.1, -0.05) is 46.5 Å². The van der Waals surface area contributed by atoms with E-state index in [2.05, 4.69) is 25.7 Å². The minimum absolute atomic E-state index is 0.113. The molecule has 2 heteroatoms. The Bertz CT molecular complexity index is 185. The number of hydrogen-bond acceptors (Lipinski definition) is 2. The van der Waals surface area contributed by atoms with Crippen molar-refractivity contribution in [3.8, 4) is 0 Å². The molecule has 0 bridgehead atoms. The molecule has 0 aromatic heterocycles. The molecule has 2 N–H and O–H groups in total. The van der Waals surface area contributed by atoms with Gasteiger partial charge in [0, 0.05) is 18.6 Å². The summed E-state index contributed by atoms with van der Waals surface area (Å²) in [6.07, 6.45) is 7.77. The van der Waals surface area contributed by atoms with Crippen LogP contribution in [0.15, 0.2) is 0 Å². The van der Waals surface area contributed by atoms with Gasteiger partial charge in [-0.3, -0.25) is 0 Å². The van der Waals surface area contributed by atoms with Gasteiger partial charge in [0.15, 0.2) is 0 Å². The predicted molar refractivity (Wildman–Crippen MR) is 71.6 cm³/mol. The first-order valence-electron chi connectivity index (χ1n) is 7.11. The second-order valence-corrected chi connectivity index (χ2v) is 5.76. The standard InChI is InChI=1S/C14H30N2/c1-4-13(3)11-16(5-2)12-14(15)9-7-6-8-10-14/h13H,4-12,15H2,1-3H3. The molecule has 0 heterocycles. The lowest BCUT2D eigenvalue weighted by molar-refractivity contribution is 0.161. The van der Waals surface area contributed by atoms with Gasteiger partial charge in [-0.25, -0.2) is 0 Å². The van der Waals surface area contributed by atoms with Crippen LogP contribution in [-0.2, 0) is 0 Å². The summed E-state index contributed by atoms with van der Waals surface area (Å²) in [5.74, 6) is 0.798. The molecule has 96 valence electrons. The molecule has 1 aliphatic rings. The Hall–Kier alpha value is -0.0800. The van der Waals surface area contributed by atoms with Crippen molar-refractivity contribution in [1.29, 1.82) is 0 Å². The van der Waals surface area contributed by atoms with Crippen LogP contribution in [-0.4, -0.2) is 30.1 Å². The van der Waals surface area contributed by atoms with E-state index >= 15 is 0 Å². The van der Waals surface area contributed by atoms with Crippen LogP contribution < -0.4 is 5.73 Å². The van der Waals surface area contributed by atoms with Gasteiger partial charge in [0.1, 0.15) is 0 Å². The molecule has 16 heavy (non-hydrogen) atoms. The van der Waals surface area contributed by atoms with Gasteiger partial charge < -0.3 is 10.6 Å². The Labute approximate surface area is 102 Å². The molecule has 0 aromatic carbocycles. The van der Waals surface area contributed by atoms with Crippen molar-refractivity contribution in [1.82, 2.24) is 4.90 Å². The van der Waals surface area contributed by atoms with Crippen molar-refractivity contribution in [2.75, 3.05) is 19.6 Å². The second-order valence-electron chi connectivity index (χ2n) is 5.76. The zero-order valence-corrected chi connectivity index (χ0v) is 11.5. The normalized spacial score (nSPS) is 22.3. The topological polar surface area (TPSA) is 29.3 Å². The van der Waals surface area contributed by atoms with Crippen LogP contribution in [0.4, 0.5) is 0 Å². The Morgan fingerprint density at radius 2 is 1.81 bits per heavy atom. The van der Waals surface area contributed by atoms with Crippen molar-refractivity contribution in [3.63, 3.8) is 0 Å². The number of nitrogens with zero attached hydrogens (tertiary/aromatic N) is 1. The molecule has 0 aromatic rings. The molecule has 0 saturated heterocycles. The molecule has 1 unspecified atom stereocenters. The van der Waals surface area contributed by atoms with Crippen LogP contribution in [0.1, 0.15) is 59.3 Å². The quantitative estimate of drug-likeness (QED) is 0.754. The largest absolute Gasteiger partial charge is 0.324 e. The van der Waals surface area contributed by atoms with Gasteiger partial charge in [0.05, 0.1) is 0 Å². The summed E-state index contributed by atoms with van der Waals surface area (Å²) in [6, 6.07) is 0. The molecular weight excluding hydrogens is 196 g/mol. The smallest absolute Gasteiger partial charge is 0.0283 e. The summed E-state index contributed by atoms with van der Waals surface area (Å²) in [5.41, 5.74) is 6.62. The zero-order chi connectivity index (χ0) is 12.0. The Balaban J connectivity index is 2.41. The van der Waals surface area contributed by atoms with Gasteiger partial charge in [0.2, 0.25) is 0 Å². The highest BCUT2D eigenvalue weighted by Gasteiger charge is 2.29. The molecule has 1 rings (SSSR count). The average molecular weight is 226 g/mol. The maximum Gasteiger partial charge on any atom is 0.0283 e. The Morgan fingerprint density at radius 1 is 1.19 bits per heavy atom. The van der Waals surface area contributed by atoms with Crippen molar-refractivity contribution in [3.05, 3.63) is 0 Å². The fourth-order valence-electron chi connectivity index (χ4n) is 2.73. The summed E-state index contributed by atoms with van der Waals surface area (Å²) >= 11 is 0. The maximum atomic E-state index is 6.51. The van der Waals surface area contributed by atoms with Gasteiger partial charge in [-0.2, -0.15) is 0 Å². The van der Waals surface area contributed by atoms with Crippen LogP contribution in [0.5, 0.6) is 0 Å². The molecule has 1 atom stereocenters. The third-order valence-electron chi connectivity index (χ3n) is 4.10. The summed E-state index contributed by atoms with van der Waals surface area (Å²) in [7, 11) is 0. The first-order valence-corrected chi connectivity index (χ1v) is 7.11. The number of likely N-dealkylation sites (N-methyl/N-ethyl adjacent to an activating group) is 1. The SMILES string of the molecule is CCC(C)CN(CC)CC1(N)CCCCC1. The van der Waals surface area contributed by atoms with Crippen molar-refractivity contribution in [2.24, 2.45) is 11.7 Å². The zero-order valence-electron chi connectivity index (χ0n) is 11.5. The minimum Gasteiger partial charge on any atom is -0.324 e. The fourth-order valence-corrected chi connectivity index (χ4v) is 2.73. The van der Waals surface area contributed by atoms with E-state index < -0.39 is 0 Å². The third-order valence-corrected chi connectivity index (χ3v) is 4.10. The van der Waals surface area contributed by atoms with E-state index in [1.165, 1.54) is 45.1 Å². The van der Waals surface area contributed by atoms with Crippen LogP contribution in [0.2, 0.25) is 0 Å². The lowest BCUT2D eigenvalue weighted by atomic mass is 9.82. The summed E-state index contributed by atoms with van der Waals surface area (Å²) in [6.45, 7) is 10.3.